The van der Waals surface area contributed by atoms with Gasteiger partial charge >= 0.3 is 6.03 Å². The summed E-state index contributed by atoms with van der Waals surface area (Å²) in [6, 6.07) is 2.06. The van der Waals surface area contributed by atoms with Crippen LogP contribution in [0.1, 0.15) is 32.6 Å². The van der Waals surface area contributed by atoms with Crippen LogP contribution in [0.4, 0.5) is 4.79 Å². The SMILES string of the molecule is CN(C)C(=O)N1C[C@@H]2CC(C)(NCC(=O)N3CCC[C@H]3C#N)C[C@@H]2C1. The van der Waals surface area contributed by atoms with Crippen molar-refractivity contribution in [3.05, 3.63) is 0 Å². The minimum atomic E-state index is -0.254. The van der Waals surface area contributed by atoms with Gasteiger partial charge in [-0.25, -0.2) is 4.79 Å². The Labute approximate surface area is 149 Å². The summed E-state index contributed by atoms with van der Waals surface area (Å²) in [5.41, 5.74) is -0.0554. The number of nitriles is 1. The molecule has 3 amide bonds. The highest BCUT2D eigenvalue weighted by atomic mass is 16.2. The molecule has 2 saturated heterocycles. The third-order valence-corrected chi connectivity index (χ3v) is 6.04. The fourth-order valence-corrected chi connectivity index (χ4v) is 4.82. The van der Waals surface area contributed by atoms with Crippen molar-refractivity contribution < 1.29 is 9.59 Å². The quantitative estimate of drug-likeness (QED) is 0.822. The number of fused-ring (bicyclic) bond motifs is 1. The minimum Gasteiger partial charge on any atom is -0.331 e. The summed E-state index contributed by atoms with van der Waals surface area (Å²) in [5.74, 6) is 1.05. The van der Waals surface area contributed by atoms with Crippen molar-refractivity contribution in [2.24, 2.45) is 11.8 Å². The van der Waals surface area contributed by atoms with E-state index in [4.69, 9.17) is 5.26 Å². The second kappa shape index (κ2) is 6.83. The second-order valence-electron chi connectivity index (χ2n) is 8.30. The molecule has 1 aliphatic carbocycles. The van der Waals surface area contributed by atoms with Crippen LogP contribution in [-0.4, -0.2) is 78.5 Å². The average Bonchev–Trinajstić information content (AvgIpc) is 3.24. The second-order valence-corrected chi connectivity index (χ2v) is 8.30. The third-order valence-electron chi connectivity index (χ3n) is 6.04. The molecule has 0 radical (unpaired) electrons. The number of rotatable bonds is 3. The lowest BCUT2D eigenvalue weighted by atomic mass is 9.98. The van der Waals surface area contributed by atoms with Gasteiger partial charge in [-0.2, -0.15) is 5.26 Å². The van der Waals surface area contributed by atoms with Gasteiger partial charge in [-0.1, -0.05) is 0 Å². The summed E-state index contributed by atoms with van der Waals surface area (Å²) in [4.78, 5) is 29.8. The van der Waals surface area contributed by atoms with E-state index in [1.165, 1.54) is 0 Å². The molecule has 2 aliphatic heterocycles. The Morgan fingerprint density at radius 2 is 1.92 bits per heavy atom. The van der Waals surface area contributed by atoms with E-state index in [1.54, 1.807) is 23.9 Å². The van der Waals surface area contributed by atoms with Crippen LogP contribution in [0.15, 0.2) is 0 Å². The Kier molecular flexibility index (Phi) is 4.92. The van der Waals surface area contributed by atoms with Gasteiger partial charge in [-0.05, 0) is 44.4 Å². The van der Waals surface area contributed by atoms with E-state index in [9.17, 15) is 9.59 Å². The molecule has 3 rings (SSSR count). The molecule has 3 aliphatic rings. The number of hydrogen-bond acceptors (Lipinski definition) is 4. The molecular formula is C18H29N5O2. The molecular weight excluding hydrogens is 318 g/mol. The van der Waals surface area contributed by atoms with Crippen molar-refractivity contribution in [2.45, 2.75) is 44.2 Å². The van der Waals surface area contributed by atoms with Crippen LogP contribution < -0.4 is 5.32 Å². The molecule has 2 heterocycles. The maximum atomic E-state index is 12.4. The Bertz CT molecular complexity index is 571. The van der Waals surface area contributed by atoms with E-state index in [0.717, 1.165) is 38.8 Å². The minimum absolute atomic E-state index is 0.0340. The highest BCUT2D eigenvalue weighted by Gasteiger charge is 2.48. The van der Waals surface area contributed by atoms with Gasteiger partial charge in [0.05, 0.1) is 12.6 Å². The summed E-state index contributed by atoms with van der Waals surface area (Å²) in [6.07, 6.45) is 3.69. The number of urea groups is 1. The maximum absolute atomic E-state index is 12.4. The zero-order valence-corrected chi connectivity index (χ0v) is 15.5. The summed E-state index contributed by atoms with van der Waals surface area (Å²) < 4.78 is 0. The van der Waals surface area contributed by atoms with Gasteiger partial charge in [0, 0.05) is 39.3 Å². The van der Waals surface area contributed by atoms with E-state index in [0.29, 0.717) is 24.9 Å². The molecule has 1 N–H and O–H groups in total. The highest BCUT2D eigenvalue weighted by molar-refractivity contribution is 5.79. The number of carbonyl (C=O) groups excluding carboxylic acids is 2. The first-order valence-corrected chi connectivity index (χ1v) is 9.23. The Morgan fingerprint density at radius 3 is 2.48 bits per heavy atom. The van der Waals surface area contributed by atoms with Crippen LogP contribution in [0.25, 0.3) is 0 Å². The summed E-state index contributed by atoms with van der Waals surface area (Å²) in [5, 5.41) is 12.6. The molecule has 25 heavy (non-hydrogen) atoms. The van der Waals surface area contributed by atoms with Gasteiger partial charge in [0.25, 0.3) is 0 Å². The maximum Gasteiger partial charge on any atom is 0.319 e. The number of hydrogen-bond donors (Lipinski definition) is 1. The lowest BCUT2D eigenvalue weighted by molar-refractivity contribution is -0.130. The average molecular weight is 347 g/mol. The largest absolute Gasteiger partial charge is 0.331 e. The fraction of sp³-hybridized carbons (Fsp3) is 0.833. The Morgan fingerprint density at radius 1 is 1.28 bits per heavy atom. The van der Waals surface area contributed by atoms with E-state index in [2.05, 4.69) is 18.3 Å². The molecule has 0 aromatic carbocycles. The highest BCUT2D eigenvalue weighted by Crippen LogP contribution is 2.43. The van der Waals surface area contributed by atoms with Crippen LogP contribution in [-0.2, 0) is 4.79 Å². The first kappa shape index (κ1) is 18.0. The van der Waals surface area contributed by atoms with E-state index >= 15 is 0 Å². The molecule has 0 spiro atoms. The van der Waals surface area contributed by atoms with Gasteiger partial charge < -0.3 is 20.0 Å². The predicted octanol–water partition coefficient (Wildman–Crippen LogP) is 0.873. The Balaban J connectivity index is 1.50. The van der Waals surface area contributed by atoms with Crippen LogP contribution in [0.3, 0.4) is 0 Å². The van der Waals surface area contributed by atoms with Crippen molar-refractivity contribution >= 4 is 11.9 Å². The smallest absolute Gasteiger partial charge is 0.319 e. The number of carbonyl (C=O) groups is 2. The summed E-state index contributed by atoms with van der Waals surface area (Å²) in [7, 11) is 3.58. The molecule has 0 bridgehead atoms. The molecule has 1 unspecified atom stereocenters. The van der Waals surface area contributed by atoms with Crippen LogP contribution in [0, 0.1) is 23.2 Å². The van der Waals surface area contributed by atoms with Gasteiger partial charge in [0.2, 0.25) is 5.91 Å². The number of nitrogens with zero attached hydrogens (tertiary/aromatic N) is 4. The molecule has 7 nitrogen and oxygen atoms in total. The molecule has 0 aromatic heterocycles. The molecule has 0 aromatic rings. The molecule has 7 heteroatoms. The van der Waals surface area contributed by atoms with Crippen LogP contribution >= 0.6 is 0 Å². The molecule has 3 fully saturated rings. The van der Waals surface area contributed by atoms with Crippen molar-refractivity contribution in [3.8, 4) is 6.07 Å². The fourth-order valence-electron chi connectivity index (χ4n) is 4.82. The first-order chi connectivity index (χ1) is 11.8. The summed E-state index contributed by atoms with van der Waals surface area (Å²) in [6.45, 7) is 4.81. The number of likely N-dealkylation sites (tertiary alicyclic amines) is 2. The van der Waals surface area contributed by atoms with Crippen molar-refractivity contribution in [2.75, 3.05) is 40.3 Å². The van der Waals surface area contributed by atoms with Crippen molar-refractivity contribution in [1.29, 1.82) is 5.26 Å². The lowest BCUT2D eigenvalue weighted by Gasteiger charge is -2.30. The monoisotopic (exact) mass is 347 g/mol. The van der Waals surface area contributed by atoms with Gasteiger partial charge in [0.15, 0.2) is 0 Å². The number of nitrogens with one attached hydrogen (secondary N) is 1. The first-order valence-electron chi connectivity index (χ1n) is 9.23. The zero-order chi connectivity index (χ0) is 18.2. The molecule has 1 saturated carbocycles. The predicted molar refractivity (Wildman–Crippen MR) is 93.6 cm³/mol. The van der Waals surface area contributed by atoms with Gasteiger partial charge in [-0.15, -0.1) is 0 Å². The van der Waals surface area contributed by atoms with E-state index in [1.807, 2.05) is 4.90 Å². The van der Waals surface area contributed by atoms with Crippen molar-refractivity contribution in [1.82, 2.24) is 20.0 Å². The van der Waals surface area contributed by atoms with Gasteiger partial charge in [-0.3, -0.25) is 4.79 Å². The number of amides is 3. The summed E-state index contributed by atoms with van der Waals surface area (Å²) >= 11 is 0. The van der Waals surface area contributed by atoms with Gasteiger partial charge in [0.1, 0.15) is 6.04 Å². The van der Waals surface area contributed by atoms with Crippen LogP contribution in [0.2, 0.25) is 0 Å². The van der Waals surface area contributed by atoms with Crippen LogP contribution in [0.5, 0.6) is 0 Å². The Hall–Kier alpha value is -1.81. The standard InChI is InChI=1S/C18H29N5O2/c1-18(20-10-16(24)23-6-4-5-15(23)9-19)7-13-11-22(12-14(13)8-18)17(25)21(2)3/h13-15,20H,4-8,10-12H2,1-3H3/t13-,14+,15-,18?/m0/s1. The third kappa shape index (κ3) is 3.59. The topological polar surface area (TPSA) is 79.7 Å². The lowest BCUT2D eigenvalue weighted by Crippen LogP contribution is -2.48. The normalized spacial score (nSPS) is 34.1. The zero-order valence-electron chi connectivity index (χ0n) is 15.5. The van der Waals surface area contributed by atoms with Crippen molar-refractivity contribution in [3.63, 3.8) is 0 Å². The molecule has 138 valence electrons. The van der Waals surface area contributed by atoms with E-state index < -0.39 is 0 Å². The van der Waals surface area contributed by atoms with E-state index in [-0.39, 0.29) is 23.5 Å². The molecule has 4 atom stereocenters.